The monoisotopic (exact) mass is 287 g/mol. The number of rotatable bonds is 2. The molecule has 4 nitrogen and oxygen atoms in total. The van der Waals surface area contributed by atoms with E-state index >= 15 is 0 Å². The van der Waals surface area contributed by atoms with E-state index in [0.29, 0.717) is 19.1 Å². The number of anilines is 1. The van der Waals surface area contributed by atoms with Crippen molar-refractivity contribution in [2.75, 3.05) is 32.5 Å². The van der Waals surface area contributed by atoms with E-state index in [4.69, 9.17) is 0 Å². The Morgan fingerprint density at radius 3 is 2.55 bits per heavy atom. The first-order valence-corrected chi connectivity index (χ1v) is 6.17. The normalized spacial score (nSPS) is 16.2. The average Bonchev–Trinajstić information content (AvgIpc) is 2.25. The smallest absolute Gasteiger partial charge is 0.321 e. The number of alkyl halides is 3. The third-order valence-corrected chi connectivity index (χ3v) is 3.32. The van der Waals surface area contributed by atoms with Crippen LogP contribution in [0.5, 0.6) is 0 Å². The molecule has 1 N–H and O–H groups in total. The Labute approximate surface area is 115 Å². The molecule has 7 heteroatoms. The van der Waals surface area contributed by atoms with Gasteiger partial charge in [-0.1, -0.05) is 6.07 Å². The molecule has 0 spiro atoms. The molecule has 1 aromatic rings. The SMILES string of the molecule is CN(C)C1CN(C(=O)Nc2cccc(C(F)(F)F)c2)C1. The van der Waals surface area contributed by atoms with Gasteiger partial charge in [-0.05, 0) is 32.3 Å². The molecule has 0 radical (unpaired) electrons. The van der Waals surface area contributed by atoms with Gasteiger partial charge < -0.3 is 15.1 Å². The van der Waals surface area contributed by atoms with Crippen molar-refractivity contribution in [3.05, 3.63) is 29.8 Å². The van der Waals surface area contributed by atoms with Crippen LogP contribution in [0.25, 0.3) is 0 Å². The highest BCUT2D eigenvalue weighted by Gasteiger charge is 2.33. The van der Waals surface area contributed by atoms with Crippen molar-refractivity contribution >= 4 is 11.7 Å². The van der Waals surface area contributed by atoms with Crippen molar-refractivity contribution < 1.29 is 18.0 Å². The van der Waals surface area contributed by atoms with E-state index in [-0.39, 0.29) is 11.7 Å². The first-order chi connectivity index (χ1) is 9.27. The molecule has 2 amide bonds. The number of hydrogen-bond donors (Lipinski definition) is 1. The van der Waals surface area contributed by atoms with Crippen LogP contribution >= 0.6 is 0 Å². The van der Waals surface area contributed by atoms with Gasteiger partial charge in [0, 0.05) is 24.8 Å². The summed E-state index contributed by atoms with van der Waals surface area (Å²) in [5.74, 6) is 0. The Morgan fingerprint density at radius 1 is 1.35 bits per heavy atom. The summed E-state index contributed by atoms with van der Waals surface area (Å²) < 4.78 is 37.7. The lowest BCUT2D eigenvalue weighted by atomic mass is 10.1. The fourth-order valence-corrected chi connectivity index (χ4v) is 1.92. The summed E-state index contributed by atoms with van der Waals surface area (Å²) in [6.07, 6.45) is -4.41. The van der Waals surface area contributed by atoms with E-state index in [1.165, 1.54) is 12.1 Å². The van der Waals surface area contributed by atoms with Crippen molar-refractivity contribution in [2.45, 2.75) is 12.2 Å². The quantitative estimate of drug-likeness (QED) is 0.907. The summed E-state index contributed by atoms with van der Waals surface area (Å²) in [4.78, 5) is 15.4. The van der Waals surface area contributed by atoms with Gasteiger partial charge >= 0.3 is 12.2 Å². The number of amides is 2. The molecule has 0 aliphatic carbocycles. The summed E-state index contributed by atoms with van der Waals surface area (Å²) >= 11 is 0. The third-order valence-electron chi connectivity index (χ3n) is 3.32. The fraction of sp³-hybridized carbons (Fsp3) is 0.462. The number of urea groups is 1. The standard InChI is InChI=1S/C13H16F3N3O/c1-18(2)11-7-19(8-11)12(20)17-10-5-3-4-9(6-10)13(14,15)16/h3-6,11H,7-8H2,1-2H3,(H,17,20). The van der Waals surface area contributed by atoms with Gasteiger partial charge in [-0.2, -0.15) is 13.2 Å². The van der Waals surface area contributed by atoms with Gasteiger partial charge in [0.2, 0.25) is 0 Å². The van der Waals surface area contributed by atoms with E-state index in [2.05, 4.69) is 5.32 Å². The molecule has 1 aliphatic heterocycles. The summed E-state index contributed by atoms with van der Waals surface area (Å²) in [6, 6.07) is 4.56. The predicted molar refractivity (Wildman–Crippen MR) is 69.5 cm³/mol. The first kappa shape index (κ1) is 14.6. The highest BCUT2D eigenvalue weighted by molar-refractivity contribution is 5.90. The summed E-state index contributed by atoms with van der Waals surface area (Å²) in [5.41, 5.74) is -0.622. The molecule has 1 aromatic carbocycles. The molecule has 20 heavy (non-hydrogen) atoms. The molecule has 0 bridgehead atoms. The van der Waals surface area contributed by atoms with Crippen LogP contribution < -0.4 is 5.32 Å². The number of likely N-dealkylation sites (tertiary alicyclic amines) is 1. The topological polar surface area (TPSA) is 35.6 Å². The zero-order valence-corrected chi connectivity index (χ0v) is 11.2. The Kier molecular flexibility index (Phi) is 3.89. The lowest BCUT2D eigenvalue weighted by molar-refractivity contribution is -0.137. The molecule has 1 aliphatic rings. The molecule has 0 atom stereocenters. The minimum Gasteiger partial charge on any atom is -0.321 e. The predicted octanol–water partition coefficient (Wildman–Crippen LogP) is 2.48. The molecule has 0 aromatic heterocycles. The molecule has 0 saturated carbocycles. The van der Waals surface area contributed by atoms with E-state index in [1.807, 2.05) is 19.0 Å². The second-order valence-electron chi connectivity index (χ2n) is 5.03. The fourth-order valence-electron chi connectivity index (χ4n) is 1.92. The lowest BCUT2D eigenvalue weighted by Crippen LogP contribution is -2.60. The van der Waals surface area contributed by atoms with Gasteiger partial charge in [0.15, 0.2) is 0 Å². The van der Waals surface area contributed by atoms with Crippen molar-refractivity contribution in [3.8, 4) is 0 Å². The Bertz CT molecular complexity index is 496. The average molecular weight is 287 g/mol. The molecule has 2 rings (SSSR count). The minimum atomic E-state index is -4.41. The van der Waals surface area contributed by atoms with E-state index in [9.17, 15) is 18.0 Å². The van der Waals surface area contributed by atoms with Crippen molar-refractivity contribution in [1.82, 2.24) is 9.80 Å². The number of nitrogens with zero attached hydrogens (tertiary/aromatic N) is 2. The maximum absolute atomic E-state index is 12.6. The van der Waals surface area contributed by atoms with Crippen LogP contribution in [0.2, 0.25) is 0 Å². The van der Waals surface area contributed by atoms with Crippen LogP contribution in [0, 0.1) is 0 Å². The lowest BCUT2D eigenvalue weighted by Gasteiger charge is -2.42. The van der Waals surface area contributed by atoms with Crippen LogP contribution in [0.3, 0.4) is 0 Å². The number of carbonyl (C=O) groups excluding carboxylic acids is 1. The van der Waals surface area contributed by atoms with Gasteiger partial charge in [0.25, 0.3) is 0 Å². The third kappa shape index (κ3) is 3.22. The summed E-state index contributed by atoms with van der Waals surface area (Å²) in [5, 5.41) is 2.48. The van der Waals surface area contributed by atoms with E-state index < -0.39 is 11.7 Å². The Hall–Kier alpha value is -1.76. The molecule has 1 heterocycles. The molecular formula is C13H16F3N3O. The zero-order chi connectivity index (χ0) is 14.9. The maximum atomic E-state index is 12.6. The molecule has 0 unspecified atom stereocenters. The number of nitrogens with one attached hydrogen (secondary N) is 1. The van der Waals surface area contributed by atoms with Crippen LogP contribution in [0.1, 0.15) is 5.56 Å². The van der Waals surface area contributed by atoms with Crippen LogP contribution in [-0.2, 0) is 6.18 Å². The van der Waals surface area contributed by atoms with Gasteiger partial charge in [0.05, 0.1) is 5.56 Å². The number of benzene rings is 1. The molecule has 110 valence electrons. The van der Waals surface area contributed by atoms with E-state index in [1.54, 1.807) is 4.90 Å². The number of hydrogen-bond acceptors (Lipinski definition) is 2. The molecular weight excluding hydrogens is 271 g/mol. The van der Waals surface area contributed by atoms with Crippen LogP contribution in [-0.4, -0.2) is 49.1 Å². The van der Waals surface area contributed by atoms with Crippen molar-refractivity contribution in [1.29, 1.82) is 0 Å². The number of halogens is 3. The number of carbonyl (C=O) groups is 1. The summed E-state index contributed by atoms with van der Waals surface area (Å²) in [6.45, 7) is 1.16. The van der Waals surface area contributed by atoms with Crippen LogP contribution in [0.4, 0.5) is 23.7 Å². The van der Waals surface area contributed by atoms with E-state index in [0.717, 1.165) is 12.1 Å². The molecule has 1 saturated heterocycles. The maximum Gasteiger partial charge on any atom is 0.416 e. The molecule has 1 fully saturated rings. The minimum absolute atomic E-state index is 0.151. The van der Waals surface area contributed by atoms with Gasteiger partial charge in [0.1, 0.15) is 0 Å². The first-order valence-electron chi connectivity index (χ1n) is 6.17. The second kappa shape index (κ2) is 5.32. The zero-order valence-electron chi connectivity index (χ0n) is 11.2. The Balaban J connectivity index is 1.96. The highest BCUT2D eigenvalue weighted by atomic mass is 19.4. The second-order valence-corrected chi connectivity index (χ2v) is 5.03. The van der Waals surface area contributed by atoms with Crippen molar-refractivity contribution in [3.63, 3.8) is 0 Å². The Morgan fingerprint density at radius 2 is 2.00 bits per heavy atom. The van der Waals surface area contributed by atoms with Crippen molar-refractivity contribution in [2.24, 2.45) is 0 Å². The van der Waals surface area contributed by atoms with Crippen LogP contribution in [0.15, 0.2) is 24.3 Å². The highest BCUT2D eigenvalue weighted by Crippen LogP contribution is 2.30. The van der Waals surface area contributed by atoms with Gasteiger partial charge in [-0.3, -0.25) is 0 Å². The number of likely N-dealkylation sites (N-methyl/N-ethyl adjacent to an activating group) is 1. The van der Waals surface area contributed by atoms with Gasteiger partial charge in [-0.15, -0.1) is 0 Å². The summed E-state index contributed by atoms with van der Waals surface area (Å²) in [7, 11) is 3.85. The largest absolute Gasteiger partial charge is 0.416 e. The van der Waals surface area contributed by atoms with Gasteiger partial charge in [-0.25, -0.2) is 4.79 Å².